The number of carboxylic acid groups (broad SMARTS) is 1. The fourth-order valence-electron chi connectivity index (χ4n) is 3.64. The lowest BCUT2D eigenvalue weighted by atomic mass is 9.81. The van der Waals surface area contributed by atoms with Gasteiger partial charge in [-0.15, -0.1) is 0 Å². The van der Waals surface area contributed by atoms with Crippen molar-refractivity contribution >= 4 is 22.8 Å². The molecule has 2 aliphatic heterocycles. The summed E-state index contributed by atoms with van der Waals surface area (Å²) in [6.45, 7) is 1.55. The maximum Gasteiger partial charge on any atom is 0.313 e. The van der Waals surface area contributed by atoms with Crippen molar-refractivity contribution in [1.82, 2.24) is 10.2 Å². The van der Waals surface area contributed by atoms with E-state index in [0.29, 0.717) is 19.6 Å². The number of para-hydroxylation sites is 1. The van der Waals surface area contributed by atoms with Gasteiger partial charge in [-0.25, -0.2) is 0 Å². The molecule has 0 saturated carbocycles. The Balaban J connectivity index is 1.57. The molecule has 2 aliphatic rings. The van der Waals surface area contributed by atoms with Gasteiger partial charge in [0.1, 0.15) is 16.8 Å². The first-order valence-electron chi connectivity index (χ1n) is 7.29. The molecule has 1 aromatic carbocycles. The highest BCUT2D eigenvalue weighted by molar-refractivity contribution is 5.92. The van der Waals surface area contributed by atoms with Crippen molar-refractivity contribution in [2.45, 2.75) is 6.54 Å². The second-order valence-corrected chi connectivity index (χ2v) is 6.15. The van der Waals surface area contributed by atoms with Gasteiger partial charge in [0.05, 0.1) is 12.5 Å². The van der Waals surface area contributed by atoms with Crippen LogP contribution in [0, 0.1) is 11.3 Å². The molecule has 2 saturated heterocycles. The number of fused-ring (bicyclic) bond motifs is 2. The maximum atomic E-state index is 11.9. The van der Waals surface area contributed by atoms with E-state index < -0.39 is 17.3 Å². The van der Waals surface area contributed by atoms with E-state index in [1.54, 1.807) is 0 Å². The molecule has 0 aliphatic carbocycles. The molecule has 0 radical (unpaired) electrons. The minimum Gasteiger partial charge on any atom is -0.481 e. The Morgan fingerprint density at radius 1 is 1.45 bits per heavy atom. The Labute approximate surface area is 126 Å². The molecule has 114 valence electrons. The number of carbonyl (C=O) groups is 2. The van der Waals surface area contributed by atoms with Crippen molar-refractivity contribution in [1.29, 1.82) is 0 Å². The van der Waals surface area contributed by atoms with Crippen molar-refractivity contribution in [3.05, 3.63) is 36.1 Å². The Kier molecular flexibility index (Phi) is 2.77. The highest BCUT2D eigenvalue weighted by Gasteiger charge is 2.59. The predicted octanol–water partition coefficient (Wildman–Crippen LogP) is 1.07. The number of carboxylic acids is 1. The van der Waals surface area contributed by atoms with E-state index in [9.17, 15) is 14.7 Å². The van der Waals surface area contributed by atoms with E-state index in [1.165, 1.54) is 0 Å². The zero-order valence-corrected chi connectivity index (χ0v) is 11.9. The minimum atomic E-state index is -0.997. The van der Waals surface area contributed by atoms with E-state index in [-0.39, 0.29) is 12.5 Å². The summed E-state index contributed by atoms with van der Waals surface area (Å²) >= 11 is 0. The summed E-state index contributed by atoms with van der Waals surface area (Å²) in [5.41, 5.74) is -0.175. The fourth-order valence-corrected chi connectivity index (χ4v) is 3.64. The third-order valence-corrected chi connectivity index (χ3v) is 4.79. The van der Waals surface area contributed by atoms with Crippen molar-refractivity contribution in [3.63, 3.8) is 0 Å². The van der Waals surface area contributed by atoms with Gasteiger partial charge in [-0.2, -0.15) is 0 Å². The monoisotopic (exact) mass is 300 g/mol. The van der Waals surface area contributed by atoms with Crippen LogP contribution < -0.4 is 5.32 Å². The van der Waals surface area contributed by atoms with Gasteiger partial charge in [0, 0.05) is 25.0 Å². The average Bonchev–Trinajstić information content (AvgIpc) is 3.13. The summed E-state index contributed by atoms with van der Waals surface area (Å²) in [6, 6.07) is 9.72. The molecule has 22 heavy (non-hydrogen) atoms. The van der Waals surface area contributed by atoms with Gasteiger partial charge in [-0.1, -0.05) is 18.2 Å². The first kappa shape index (κ1) is 13.3. The number of benzene rings is 1. The number of aliphatic carboxylic acids is 1. The van der Waals surface area contributed by atoms with Crippen molar-refractivity contribution in [2.24, 2.45) is 11.3 Å². The van der Waals surface area contributed by atoms with E-state index in [2.05, 4.69) is 5.32 Å². The molecular weight excluding hydrogens is 284 g/mol. The van der Waals surface area contributed by atoms with Gasteiger partial charge in [-0.3, -0.25) is 14.5 Å². The Morgan fingerprint density at radius 2 is 2.27 bits per heavy atom. The van der Waals surface area contributed by atoms with Crippen LogP contribution in [0.15, 0.2) is 34.7 Å². The first-order valence-corrected chi connectivity index (χ1v) is 7.29. The largest absolute Gasteiger partial charge is 0.481 e. The van der Waals surface area contributed by atoms with Gasteiger partial charge in [0.15, 0.2) is 0 Å². The summed E-state index contributed by atoms with van der Waals surface area (Å²) in [4.78, 5) is 25.5. The molecule has 2 aromatic rings. The van der Waals surface area contributed by atoms with Crippen LogP contribution in [0.2, 0.25) is 0 Å². The number of nitrogens with one attached hydrogen (secondary N) is 1. The van der Waals surface area contributed by atoms with E-state index in [1.807, 2.05) is 35.2 Å². The molecule has 0 unspecified atom stereocenters. The summed E-state index contributed by atoms with van der Waals surface area (Å²) in [5, 5.41) is 13.3. The number of likely N-dealkylation sites (tertiary alicyclic amines) is 1. The third kappa shape index (κ3) is 1.84. The number of hydrogen-bond donors (Lipinski definition) is 2. The molecule has 2 N–H and O–H groups in total. The SMILES string of the molecule is O=C1NC[C@]2(C(=O)O)CN(Cc3cc4ccccc4o3)C[C@H]12. The number of hydrogen-bond acceptors (Lipinski definition) is 4. The first-order chi connectivity index (χ1) is 10.6. The van der Waals surface area contributed by atoms with Gasteiger partial charge < -0.3 is 14.8 Å². The van der Waals surface area contributed by atoms with Crippen LogP contribution in [0.5, 0.6) is 0 Å². The molecule has 1 amide bonds. The van der Waals surface area contributed by atoms with Gasteiger partial charge in [0.2, 0.25) is 5.91 Å². The van der Waals surface area contributed by atoms with Crippen LogP contribution in [-0.4, -0.2) is 41.5 Å². The maximum absolute atomic E-state index is 11.9. The number of carbonyl (C=O) groups excluding carboxylic acids is 1. The number of nitrogens with zero attached hydrogens (tertiary/aromatic N) is 1. The summed E-state index contributed by atoms with van der Waals surface area (Å²) in [6.07, 6.45) is 0. The smallest absolute Gasteiger partial charge is 0.313 e. The lowest BCUT2D eigenvalue weighted by Crippen LogP contribution is -2.40. The van der Waals surface area contributed by atoms with Gasteiger partial charge in [0.25, 0.3) is 0 Å². The van der Waals surface area contributed by atoms with Crippen LogP contribution >= 0.6 is 0 Å². The molecule has 6 nitrogen and oxygen atoms in total. The number of furan rings is 1. The molecule has 0 bridgehead atoms. The summed E-state index contributed by atoms with van der Waals surface area (Å²) < 4.78 is 5.78. The Morgan fingerprint density at radius 3 is 3.00 bits per heavy atom. The standard InChI is InChI=1S/C16H16N2O4/c19-14-12-7-18(9-16(12,8-17-14)15(20)21)6-11-5-10-3-1-2-4-13(10)22-11/h1-5,12H,6-9H2,(H,17,19)(H,20,21)/t12-,16+/m1/s1. The van der Waals surface area contributed by atoms with Gasteiger partial charge >= 0.3 is 5.97 Å². The molecular formula is C16H16N2O4. The Hall–Kier alpha value is -2.34. The zero-order chi connectivity index (χ0) is 15.3. The fraction of sp³-hybridized carbons (Fsp3) is 0.375. The van der Waals surface area contributed by atoms with Crippen molar-refractivity contribution in [2.75, 3.05) is 19.6 Å². The van der Waals surface area contributed by atoms with E-state index in [4.69, 9.17) is 4.42 Å². The lowest BCUT2D eigenvalue weighted by Gasteiger charge is -2.21. The van der Waals surface area contributed by atoms with Crippen LogP contribution in [0.3, 0.4) is 0 Å². The number of amides is 1. The Bertz CT molecular complexity index is 735. The molecule has 0 spiro atoms. The van der Waals surface area contributed by atoms with E-state index >= 15 is 0 Å². The van der Waals surface area contributed by atoms with Crippen molar-refractivity contribution < 1.29 is 19.1 Å². The zero-order valence-electron chi connectivity index (χ0n) is 11.9. The molecule has 2 fully saturated rings. The summed E-state index contributed by atoms with van der Waals surface area (Å²) in [5.74, 6) is -0.742. The predicted molar refractivity (Wildman–Crippen MR) is 78.1 cm³/mol. The molecule has 1 aromatic heterocycles. The summed E-state index contributed by atoms with van der Waals surface area (Å²) in [7, 11) is 0. The van der Waals surface area contributed by atoms with Crippen LogP contribution in [0.25, 0.3) is 11.0 Å². The molecule has 4 rings (SSSR count). The van der Waals surface area contributed by atoms with Gasteiger partial charge in [-0.05, 0) is 12.1 Å². The average molecular weight is 300 g/mol. The molecule has 3 heterocycles. The lowest BCUT2D eigenvalue weighted by molar-refractivity contribution is -0.149. The van der Waals surface area contributed by atoms with Crippen molar-refractivity contribution in [3.8, 4) is 0 Å². The highest BCUT2D eigenvalue weighted by atomic mass is 16.4. The molecule has 2 atom stereocenters. The van der Waals surface area contributed by atoms with Crippen LogP contribution in [0.1, 0.15) is 5.76 Å². The number of rotatable bonds is 3. The van der Waals surface area contributed by atoms with Crippen LogP contribution in [-0.2, 0) is 16.1 Å². The second-order valence-electron chi connectivity index (χ2n) is 6.15. The van der Waals surface area contributed by atoms with E-state index in [0.717, 1.165) is 16.7 Å². The normalized spacial score (nSPS) is 28.0. The molecule has 6 heteroatoms. The topological polar surface area (TPSA) is 82.8 Å². The highest BCUT2D eigenvalue weighted by Crippen LogP contribution is 2.40. The third-order valence-electron chi connectivity index (χ3n) is 4.79. The minimum absolute atomic E-state index is 0.158. The second kappa shape index (κ2) is 4.58. The van der Waals surface area contributed by atoms with Crippen LogP contribution in [0.4, 0.5) is 0 Å². The quantitative estimate of drug-likeness (QED) is 0.886.